The van der Waals surface area contributed by atoms with E-state index in [9.17, 15) is 4.79 Å². The molecule has 0 spiro atoms. The van der Waals surface area contributed by atoms with Gasteiger partial charge in [0.25, 0.3) is 0 Å². The maximum Gasteiger partial charge on any atom is 0.410 e. The summed E-state index contributed by atoms with van der Waals surface area (Å²) in [6.45, 7) is 10.1. The topological polar surface area (TPSA) is 74.3 Å². The van der Waals surface area contributed by atoms with E-state index in [4.69, 9.17) is 31.0 Å². The number of likely N-dealkylation sites (N-methyl/N-ethyl adjacent to an activating group) is 2. The average molecular weight is 607 g/mol. The number of rotatable bonds is 6. The number of ether oxygens (including phenoxy) is 2. The molecular formula is C33H43ClN6O3. The minimum atomic E-state index is -0.521. The van der Waals surface area contributed by atoms with Crippen molar-refractivity contribution in [1.29, 1.82) is 0 Å². The Morgan fingerprint density at radius 1 is 1.09 bits per heavy atom. The molecule has 2 fully saturated rings. The Morgan fingerprint density at radius 2 is 1.88 bits per heavy atom. The van der Waals surface area contributed by atoms with E-state index in [1.54, 1.807) is 4.90 Å². The molecule has 9 nitrogen and oxygen atoms in total. The number of hydrogen-bond acceptors (Lipinski definition) is 8. The van der Waals surface area contributed by atoms with E-state index in [2.05, 4.69) is 53.1 Å². The van der Waals surface area contributed by atoms with E-state index in [0.29, 0.717) is 38.3 Å². The van der Waals surface area contributed by atoms with E-state index in [-0.39, 0.29) is 12.1 Å². The number of amides is 1. The van der Waals surface area contributed by atoms with Gasteiger partial charge in [0.05, 0.1) is 17.3 Å². The Bertz CT molecular complexity index is 1490. The summed E-state index contributed by atoms with van der Waals surface area (Å²) in [5.74, 6) is 0.895. The lowest BCUT2D eigenvalue weighted by Crippen LogP contribution is -2.40. The number of anilines is 2. The number of carbonyl (C=O) groups is 1. The van der Waals surface area contributed by atoms with E-state index < -0.39 is 5.60 Å². The Hall–Kier alpha value is -3.30. The Kier molecular flexibility index (Phi) is 8.31. The van der Waals surface area contributed by atoms with Crippen LogP contribution in [0, 0.1) is 0 Å². The molecule has 0 N–H and O–H groups in total. The van der Waals surface area contributed by atoms with E-state index >= 15 is 0 Å². The van der Waals surface area contributed by atoms with Crippen molar-refractivity contribution in [3.05, 3.63) is 52.7 Å². The second-order valence-corrected chi connectivity index (χ2v) is 13.5. The first-order valence-electron chi connectivity index (χ1n) is 15.4. The van der Waals surface area contributed by atoms with Crippen LogP contribution in [0.5, 0.6) is 6.01 Å². The van der Waals surface area contributed by atoms with Crippen molar-refractivity contribution in [2.45, 2.75) is 70.7 Å². The molecule has 3 aliphatic heterocycles. The molecule has 1 unspecified atom stereocenters. The van der Waals surface area contributed by atoms with Crippen LogP contribution in [0.3, 0.4) is 0 Å². The molecule has 43 heavy (non-hydrogen) atoms. The highest BCUT2D eigenvalue weighted by Crippen LogP contribution is 2.37. The minimum absolute atomic E-state index is 0.121. The molecule has 0 aliphatic carbocycles. The molecule has 2 aromatic carbocycles. The molecule has 3 aliphatic rings. The van der Waals surface area contributed by atoms with Crippen LogP contribution in [0.4, 0.5) is 16.3 Å². The summed E-state index contributed by atoms with van der Waals surface area (Å²) in [4.78, 5) is 31.5. The van der Waals surface area contributed by atoms with Gasteiger partial charge in [-0.2, -0.15) is 9.97 Å². The van der Waals surface area contributed by atoms with Crippen molar-refractivity contribution in [2.24, 2.45) is 0 Å². The van der Waals surface area contributed by atoms with Crippen molar-refractivity contribution >= 4 is 40.0 Å². The zero-order valence-electron chi connectivity index (χ0n) is 26.0. The van der Waals surface area contributed by atoms with Gasteiger partial charge >= 0.3 is 12.1 Å². The number of hydrogen-bond donors (Lipinski definition) is 0. The lowest BCUT2D eigenvalue weighted by atomic mass is 10.0. The van der Waals surface area contributed by atoms with Crippen molar-refractivity contribution in [3.63, 3.8) is 0 Å². The van der Waals surface area contributed by atoms with Crippen LogP contribution in [0.25, 0.3) is 10.8 Å². The number of nitrogens with zero attached hydrogens (tertiary/aromatic N) is 6. The van der Waals surface area contributed by atoms with Crippen LogP contribution in [0.1, 0.15) is 51.3 Å². The molecule has 1 aromatic heterocycles. The molecule has 2 atom stereocenters. The number of benzene rings is 2. The average Bonchev–Trinajstić information content (AvgIpc) is 3.63. The van der Waals surface area contributed by atoms with Crippen LogP contribution in [-0.4, -0.2) is 90.4 Å². The molecule has 1 amide bonds. The fourth-order valence-corrected chi connectivity index (χ4v) is 6.85. The SMILES string of the molecule is CN(c1nc(OC[C@@H]2CCCN2C)nc2c1CCN(c1cccc3cccc(Cl)c13)C2)C1CCN(C(=O)OC(C)(C)C)C1. The van der Waals surface area contributed by atoms with Gasteiger partial charge in [-0.05, 0) is 77.6 Å². The van der Waals surface area contributed by atoms with Gasteiger partial charge < -0.3 is 29.1 Å². The van der Waals surface area contributed by atoms with E-state index in [0.717, 1.165) is 70.9 Å². The molecular weight excluding hydrogens is 564 g/mol. The second-order valence-electron chi connectivity index (χ2n) is 13.1. The van der Waals surface area contributed by atoms with Gasteiger partial charge in [0.2, 0.25) is 0 Å². The molecule has 2 saturated heterocycles. The summed E-state index contributed by atoms with van der Waals surface area (Å²) in [5.41, 5.74) is 2.71. The predicted molar refractivity (Wildman–Crippen MR) is 172 cm³/mol. The van der Waals surface area contributed by atoms with Gasteiger partial charge in [-0.15, -0.1) is 0 Å². The summed E-state index contributed by atoms with van der Waals surface area (Å²) in [6, 6.07) is 13.3. The zero-order valence-corrected chi connectivity index (χ0v) is 26.7. The van der Waals surface area contributed by atoms with Crippen LogP contribution >= 0.6 is 11.6 Å². The van der Waals surface area contributed by atoms with Gasteiger partial charge in [0.15, 0.2) is 0 Å². The normalized spacial score (nSPS) is 20.9. The lowest BCUT2D eigenvalue weighted by Gasteiger charge is -2.35. The Morgan fingerprint density at radius 3 is 2.63 bits per heavy atom. The van der Waals surface area contributed by atoms with Crippen molar-refractivity contribution < 1.29 is 14.3 Å². The highest BCUT2D eigenvalue weighted by atomic mass is 35.5. The molecule has 6 rings (SSSR count). The van der Waals surface area contributed by atoms with Crippen molar-refractivity contribution in [2.75, 3.05) is 56.7 Å². The van der Waals surface area contributed by atoms with Crippen molar-refractivity contribution in [3.8, 4) is 6.01 Å². The minimum Gasteiger partial charge on any atom is -0.462 e. The molecule has 10 heteroatoms. The Balaban J connectivity index is 1.29. The van der Waals surface area contributed by atoms with Crippen LogP contribution in [0.2, 0.25) is 5.02 Å². The third kappa shape index (κ3) is 6.34. The summed E-state index contributed by atoms with van der Waals surface area (Å²) in [6.07, 6.45) is 3.68. The third-order valence-corrected chi connectivity index (χ3v) is 9.28. The van der Waals surface area contributed by atoms with Gasteiger partial charge in [-0.1, -0.05) is 35.9 Å². The van der Waals surface area contributed by atoms with Crippen LogP contribution in [0.15, 0.2) is 36.4 Å². The number of halogens is 1. The zero-order chi connectivity index (χ0) is 30.3. The molecule has 0 bridgehead atoms. The highest BCUT2D eigenvalue weighted by Gasteiger charge is 2.35. The maximum absolute atomic E-state index is 12.8. The molecule has 4 heterocycles. The maximum atomic E-state index is 12.8. The second kappa shape index (κ2) is 12.0. The van der Waals surface area contributed by atoms with Crippen LogP contribution < -0.4 is 14.5 Å². The molecule has 0 saturated carbocycles. The summed E-state index contributed by atoms with van der Waals surface area (Å²) >= 11 is 6.71. The standard InChI is InChI=1S/C33H43ClN6O3/c1-33(2,3)43-32(41)40-17-14-23(19-40)38(5)30-25-15-18-39(28-13-7-10-22-9-6-12-26(34)29(22)28)20-27(25)35-31(36-30)42-21-24-11-8-16-37(24)4/h6-7,9-10,12-13,23-24H,8,11,14-21H2,1-5H3/t23?,24-/m0/s1. The first-order valence-corrected chi connectivity index (χ1v) is 15.8. The summed E-state index contributed by atoms with van der Waals surface area (Å²) in [7, 11) is 4.23. The number of carbonyl (C=O) groups excluding carboxylic acids is 1. The summed E-state index contributed by atoms with van der Waals surface area (Å²) in [5, 5.41) is 2.94. The highest BCUT2D eigenvalue weighted by molar-refractivity contribution is 6.36. The monoisotopic (exact) mass is 606 g/mol. The number of aromatic nitrogens is 2. The van der Waals surface area contributed by atoms with Gasteiger partial charge in [0, 0.05) is 55.4 Å². The first kappa shape index (κ1) is 29.8. The molecule has 230 valence electrons. The fourth-order valence-electron chi connectivity index (χ4n) is 6.57. The smallest absolute Gasteiger partial charge is 0.410 e. The van der Waals surface area contributed by atoms with E-state index in [1.165, 1.54) is 6.42 Å². The Labute approximate surface area is 259 Å². The largest absolute Gasteiger partial charge is 0.462 e. The van der Waals surface area contributed by atoms with Crippen molar-refractivity contribution in [1.82, 2.24) is 19.8 Å². The number of likely N-dealkylation sites (tertiary alicyclic amines) is 2. The predicted octanol–water partition coefficient (Wildman–Crippen LogP) is 5.76. The third-order valence-electron chi connectivity index (χ3n) is 8.97. The fraction of sp³-hybridized carbons (Fsp3) is 0.545. The van der Waals surface area contributed by atoms with Gasteiger partial charge in [-0.25, -0.2) is 4.79 Å². The quantitative estimate of drug-likeness (QED) is 0.350. The first-order chi connectivity index (χ1) is 20.6. The van der Waals surface area contributed by atoms with E-state index in [1.807, 2.05) is 32.9 Å². The summed E-state index contributed by atoms with van der Waals surface area (Å²) < 4.78 is 12.0. The van der Waals surface area contributed by atoms with Gasteiger partial charge in [-0.3, -0.25) is 0 Å². The number of fused-ring (bicyclic) bond motifs is 2. The lowest BCUT2D eigenvalue weighted by molar-refractivity contribution is 0.0292. The molecule has 0 radical (unpaired) electrons. The van der Waals surface area contributed by atoms with Gasteiger partial charge in [0.1, 0.15) is 18.0 Å². The van der Waals surface area contributed by atoms with Crippen LogP contribution in [-0.2, 0) is 17.7 Å². The molecule has 3 aromatic rings.